The second-order valence-corrected chi connectivity index (χ2v) is 7.06. The van der Waals surface area contributed by atoms with E-state index in [1.54, 1.807) is 29.7 Å². The number of ether oxygens (including phenoxy) is 2. The lowest BCUT2D eigenvalue weighted by Crippen LogP contribution is -2.45. The van der Waals surface area contributed by atoms with Crippen molar-refractivity contribution in [2.24, 2.45) is 5.92 Å². The predicted octanol–water partition coefficient (Wildman–Crippen LogP) is 2.54. The Hall–Kier alpha value is -1.99. The molecule has 2 aromatic heterocycles. The summed E-state index contributed by atoms with van der Waals surface area (Å²) in [4.78, 5) is 23.2. The molecule has 4 rings (SSSR count). The SMILES string of the molecule is COc1ncccc1C(=O)N1CC[C@H]2C[C@@H](c3nccs3)O[C@@H]2C1. The molecule has 0 unspecified atom stereocenters. The normalized spacial score (nSPS) is 26.2. The molecule has 2 saturated heterocycles. The summed E-state index contributed by atoms with van der Waals surface area (Å²) in [7, 11) is 1.53. The molecule has 24 heavy (non-hydrogen) atoms. The largest absolute Gasteiger partial charge is 0.480 e. The van der Waals surface area contributed by atoms with Gasteiger partial charge in [-0.15, -0.1) is 11.3 Å². The van der Waals surface area contributed by atoms with Crippen molar-refractivity contribution in [1.29, 1.82) is 0 Å². The zero-order chi connectivity index (χ0) is 16.5. The van der Waals surface area contributed by atoms with E-state index in [1.807, 2.05) is 16.5 Å². The first kappa shape index (κ1) is 15.5. The van der Waals surface area contributed by atoms with Crippen LogP contribution in [0.4, 0.5) is 0 Å². The van der Waals surface area contributed by atoms with E-state index in [1.165, 1.54) is 7.11 Å². The first-order chi connectivity index (χ1) is 11.8. The van der Waals surface area contributed by atoms with Gasteiger partial charge >= 0.3 is 0 Å². The van der Waals surface area contributed by atoms with Crippen LogP contribution in [0.15, 0.2) is 29.9 Å². The highest BCUT2D eigenvalue weighted by Crippen LogP contribution is 2.41. The second-order valence-electron chi connectivity index (χ2n) is 6.13. The number of hydrogen-bond donors (Lipinski definition) is 0. The minimum absolute atomic E-state index is 0.0419. The maximum absolute atomic E-state index is 12.8. The van der Waals surface area contributed by atoms with Crippen LogP contribution in [0, 0.1) is 5.92 Å². The van der Waals surface area contributed by atoms with Crippen molar-refractivity contribution in [3.63, 3.8) is 0 Å². The standard InChI is InChI=1S/C17H19N3O3S/c1-22-15-12(3-2-5-18-15)17(21)20-7-4-11-9-13(23-14(11)10-20)16-19-6-8-24-16/h2-3,5-6,8,11,13-14H,4,7,9-10H2,1H3/t11-,13-,14+/m0/s1. The predicted molar refractivity (Wildman–Crippen MR) is 89.1 cm³/mol. The highest BCUT2D eigenvalue weighted by Gasteiger charge is 2.41. The van der Waals surface area contributed by atoms with E-state index in [4.69, 9.17) is 9.47 Å². The number of amides is 1. The molecule has 0 aliphatic carbocycles. The highest BCUT2D eigenvalue weighted by atomic mass is 32.1. The maximum Gasteiger partial charge on any atom is 0.259 e. The van der Waals surface area contributed by atoms with Gasteiger partial charge in [-0.3, -0.25) is 4.79 Å². The van der Waals surface area contributed by atoms with Crippen LogP contribution in [-0.2, 0) is 4.74 Å². The van der Waals surface area contributed by atoms with Gasteiger partial charge in [0.15, 0.2) is 0 Å². The zero-order valence-electron chi connectivity index (χ0n) is 13.4. The van der Waals surface area contributed by atoms with Gasteiger partial charge in [0, 0.05) is 30.9 Å². The average molecular weight is 345 g/mol. The third-order valence-corrected chi connectivity index (χ3v) is 5.63. The van der Waals surface area contributed by atoms with E-state index < -0.39 is 0 Å². The summed E-state index contributed by atoms with van der Waals surface area (Å²) in [6.45, 7) is 1.36. The third kappa shape index (κ3) is 2.78. The second kappa shape index (κ2) is 6.49. The Morgan fingerprint density at radius 2 is 2.33 bits per heavy atom. The van der Waals surface area contributed by atoms with Gasteiger partial charge in [-0.05, 0) is 30.9 Å². The summed E-state index contributed by atoms with van der Waals surface area (Å²) in [5.41, 5.74) is 0.507. The molecule has 0 aromatic carbocycles. The van der Waals surface area contributed by atoms with E-state index in [0.717, 1.165) is 24.4 Å². The maximum atomic E-state index is 12.8. The molecule has 0 bridgehead atoms. The Bertz CT molecular complexity index is 722. The number of methoxy groups -OCH3 is 1. The fourth-order valence-electron chi connectivity index (χ4n) is 3.55. The van der Waals surface area contributed by atoms with Crippen LogP contribution < -0.4 is 4.74 Å². The topological polar surface area (TPSA) is 64.5 Å². The van der Waals surface area contributed by atoms with Gasteiger partial charge in [0.2, 0.25) is 5.88 Å². The van der Waals surface area contributed by atoms with E-state index >= 15 is 0 Å². The molecule has 0 saturated carbocycles. The molecular weight excluding hydrogens is 326 g/mol. The van der Waals surface area contributed by atoms with Crippen molar-refractivity contribution in [2.75, 3.05) is 20.2 Å². The summed E-state index contributed by atoms with van der Waals surface area (Å²) in [6.07, 6.45) is 5.55. The van der Waals surface area contributed by atoms with Gasteiger partial charge in [-0.25, -0.2) is 9.97 Å². The van der Waals surface area contributed by atoms with Gasteiger partial charge in [0.1, 0.15) is 16.7 Å². The number of hydrogen-bond acceptors (Lipinski definition) is 6. The Labute approximate surface area is 144 Å². The molecule has 6 nitrogen and oxygen atoms in total. The van der Waals surface area contributed by atoms with Gasteiger partial charge in [0.25, 0.3) is 5.91 Å². The number of likely N-dealkylation sites (tertiary alicyclic amines) is 1. The van der Waals surface area contributed by atoms with E-state index in [-0.39, 0.29) is 18.1 Å². The summed E-state index contributed by atoms with van der Waals surface area (Å²) >= 11 is 1.63. The summed E-state index contributed by atoms with van der Waals surface area (Å²) in [6, 6.07) is 3.52. The number of thiazole rings is 1. The van der Waals surface area contributed by atoms with Crippen molar-refractivity contribution in [3.8, 4) is 5.88 Å². The third-order valence-electron chi connectivity index (χ3n) is 4.76. The lowest BCUT2D eigenvalue weighted by Gasteiger charge is -2.34. The minimum atomic E-state index is -0.0419. The number of nitrogens with zero attached hydrogens (tertiary/aromatic N) is 3. The van der Waals surface area contributed by atoms with Crippen LogP contribution in [0.2, 0.25) is 0 Å². The van der Waals surface area contributed by atoms with E-state index in [9.17, 15) is 4.79 Å². The molecule has 2 aliphatic heterocycles. The lowest BCUT2D eigenvalue weighted by atomic mass is 9.91. The van der Waals surface area contributed by atoms with Crippen molar-refractivity contribution >= 4 is 17.2 Å². The van der Waals surface area contributed by atoms with E-state index in [0.29, 0.717) is 23.9 Å². The van der Waals surface area contributed by atoms with Gasteiger partial charge in [-0.1, -0.05) is 0 Å². The van der Waals surface area contributed by atoms with Crippen LogP contribution >= 0.6 is 11.3 Å². The molecule has 126 valence electrons. The van der Waals surface area contributed by atoms with Crippen molar-refractivity contribution in [3.05, 3.63) is 40.5 Å². The number of fused-ring (bicyclic) bond motifs is 1. The fourth-order valence-corrected chi connectivity index (χ4v) is 4.24. The van der Waals surface area contributed by atoms with Crippen LogP contribution in [0.3, 0.4) is 0 Å². The van der Waals surface area contributed by atoms with Crippen LogP contribution in [0.5, 0.6) is 5.88 Å². The van der Waals surface area contributed by atoms with Crippen LogP contribution in [-0.4, -0.2) is 47.1 Å². The first-order valence-corrected chi connectivity index (χ1v) is 8.97. The number of pyridine rings is 1. The van der Waals surface area contributed by atoms with Gasteiger partial charge in [0.05, 0.1) is 13.2 Å². The number of carbonyl (C=O) groups is 1. The molecule has 7 heteroatoms. The number of carbonyl (C=O) groups excluding carboxylic acids is 1. The summed E-state index contributed by atoms with van der Waals surface area (Å²) < 4.78 is 11.4. The van der Waals surface area contributed by atoms with Gasteiger partial charge in [-0.2, -0.15) is 0 Å². The molecule has 2 fully saturated rings. The van der Waals surface area contributed by atoms with Crippen LogP contribution in [0.1, 0.15) is 34.3 Å². The van der Waals surface area contributed by atoms with Crippen molar-refractivity contribution in [1.82, 2.24) is 14.9 Å². The Kier molecular flexibility index (Phi) is 4.20. The summed E-state index contributed by atoms with van der Waals surface area (Å²) in [5, 5.41) is 3.02. The zero-order valence-corrected chi connectivity index (χ0v) is 14.2. The number of piperidine rings is 1. The van der Waals surface area contributed by atoms with Crippen molar-refractivity contribution in [2.45, 2.75) is 25.0 Å². The lowest BCUT2D eigenvalue weighted by molar-refractivity contribution is -0.00458. The summed E-state index contributed by atoms with van der Waals surface area (Å²) in [5.74, 6) is 0.830. The Morgan fingerprint density at radius 1 is 1.42 bits per heavy atom. The molecule has 0 radical (unpaired) electrons. The molecule has 3 atom stereocenters. The molecule has 2 aromatic rings. The fraction of sp³-hybridized carbons (Fsp3) is 0.471. The number of aromatic nitrogens is 2. The Balaban J connectivity index is 1.47. The minimum Gasteiger partial charge on any atom is -0.480 e. The highest BCUT2D eigenvalue weighted by molar-refractivity contribution is 7.09. The molecule has 0 spiro atoms. The van der Waals surface area contributed by atoms with Crippen molar-refractivity contribution < 1.29 is 14.3 Å². The molecule has 1 amide bonds. The molecule has 0 N–H and O–H groups in total. The number of rotatable bonds is 3. The van der Waals surface area contributed by atoms with Crippen LogP contribution in [0.25, 0.3) is 0 Å². The monoisotopic (exact) mass is 345 g/mol. The first-order valence-electron chi connectivity index (χ1n) is 8.09. The quantitative estimate of drug-likeness (QED) is 0.855. The van der Waals surface area contributed by atoms with Gasteiger partial charge < -0.3 is 14.4 Å². The molecular formula is C17H19N3O3S. The molecule has 2 aliphatic rings. The molecule has 4 heterocycles. The average Bonchev–Trinajstić information content (AvgIpc) is 3.29. The van der Waals surface area contributed by atoms with E-state index in [2.05, 4.69) is 9.97 Å². The smallest absolute Gasteiger partial charge is 0.259 e. The Morgan fingerprint density at radius 3 is 3.12 bits per heavy atom.